The van der Waals surface area contributed by atoms with Crippen LogP contribution >= 0.6 is 0 Å². The molecule has 1 aliphatic rings. The molecule has 0 fully saturated rings. The fourth-order valence-corrected chi connectivity index (χ4v) is 2.45. The minimum absolute atomic E-state index is 0.102. The first-order valence-corrected chi connectivity index (χ1v) is 5.41. The first kappa shape index (κ1) is 10.9. The molecule has 1 heterocycles. The third-order valence-corrected chi connectivity index (χ3v) is 3.53. The number of Topliss-reactive ketones (excluding diaryl/α,β-unsaturated/α-hetero) is 1. The van der Waals surface area contributed by atoms with E-state index in [-0.39, 0.29) is 17.1 Å². The first-order valence-electron chi connectivity index (χ1n) is 5.41. The molecule has 0 saturated carbocycles. The quantitative estimate of drug-likeness (QED) is 0.710. The van der Waals surface area contributed by atoms with Gasteiger partial charge >= 0.3 is 0 Å². The highest BCUT2D eigenvalue weighted by Gasteiger charge is 2.43. The zero-order valence-corrected chi connectivity index (χ0v) is 9.75. The monoisotopic (exact) mass is 216 g/mol. The summed E-state index contributed by atoms with van der Waals surface area (Å²) in [4.78, 5) is 12.3. The molecule has 0 bridgehead atoms. The molecule has 2 nitrogen and oxygen atoms in total. The number of carbonyl (C=O) groups is 1. The zero-order valence-electron chi connectivity index (χ0n) is 9.75. The van der Waals surface area contributed by atoms with Crippen LogP contribution in [0.5, 0.6) is 0 Å². The van der Waals surface area contributed by atoms with Gasteiger partial charge in [0.2, 0.25) is 0 Å². The molecule has 0 radical (unpaired) electrons. The van der Waals surface area contributed by atoms with Crippen LogP contribution in [-0.2, 0) is 6.42 Å². The molecule has 2 heteroatoms. The third kappa shape index (κ3) is 1.29. The molecule has 2 atom stereocenters. The van der Waals surface area contributed by atoms with E-state index in [2.05, 4.69) is 13.2 Å². The largest absolute Gasteiger partial charge is 0.468 e. The Morgan fingerprint density at radius 2 is 2.25 bits per heavy atom. The topological polar surface area (TPSA) is 30.2 Å². The van der Waals surface area contributed by atoms with Crippen molar-refractivity contribution >= 4 is 5.78 Å². The lowest BCUT2D eigenvalue weighted by molar-refractivity contribution is 0.0845. The van der Waals surface area contributed by atoms with Gasteiger partial charge in [0.05, 0.1) is 11.8 Å². The predicted octanol–water partition coefficient (Wildman–Crippen LogP) is 3.32. The Bertz CT molecular complexity index is 467. The second-order valence-corrected chi connectivity index (χ2v) is 4.68. The van der Waals surface area contributed by atoms with E-state index in [1.165, 1.54) is 0 Å². The second kappa shape index (κ2) is 3.48. The van der Waals surface area contributed by atoms with E-state index < -0.39 is 0 Å². The summed E-state index contributed by atoms with van der Waals surface area (Å²) in [5.74, 6) is 0.682. The van der Waals surface area contributed by atoms with Crippen molar-refractivity contribution < 1.29 is 9.21 Å². The highest BCUT2D eigenvalue weighted by Crippen LogP contribution is 2.42. The van der Waals surface area contributed by atoms with Gasteiger partial charge < -0.3 is 4.42 Å². The summed E-state index contributed by atoms with van der Waals surface area (Å²) in [6, 6.07) is 0. The molecule has 0 aliphatic heterocycles. The molecule has 84 valence electrons. The van der Waals surface area contributed by atoms with Crippen molar-refractivity contribution in [3.63, 3.8) is 0 Å². The van der Waals surface area contributed by atoms with Gasteiger partial charge in [0.25, 0.3) is 0 Å². The molecule has 1 aromatic heterocycles. The smallest absolute Gasteiger partial charge is 0.174 e. The van der Waals surface area contributed by atoms with Gasteiger partial charge in [-0.05, 0) is 12.5 Å². The normalized spacial score (nSPS) is 28.6. The molecule has 0 amide bonds. The van der Waals surface area contributed by atoms with Gasteiger partial charge in [-0.1, -0.05) is 19.1 Å². The van der Waals surface area contributed by atoms with Crippen LogP contribution in [0.15, 0.2) is 36.0 Å². The Kier molecular flexibility index (Phi) is 2.38. The van der Waals surface area contributed by atoms with E-state index in [9.17, 15) is 4.79 Å². The maximum absolute atomic E-state index is 12.3. The molecular formula is C14H16O2. The SMILES string of the molecule is C=CC1C(=O)c2c(C)coc2CC1(C)C=C. The highest BCUT2D eigenvalue weighted by atomic mass is 16.3. The molecule has 16 heavy (non-hydrogen) atoms. The van der Waals surface area contributed by atoms with Crippen molar-refractivity contribution in [2.45, 2.75) is 20.3 Å². The summed E-state index contributed by atoms with van der Waals surface area (Å²) in [7, 11) is 0. The minimum atomic E-state index is -0.282. The molecule has 0 N–H and O–H groups in total. The molecule has 2 rings (SSSR count). The lowest BCUT2D eigenvalue weighted by Gasteiger charge is -2.35. The minimum Gasteiger partial charge on any atom is -0.468 e. The van der Waals surface area contributed by atoms with E-state index in [0.29, 0.717) is 6.42 Å². The van der Waals surface area contributed by atoms with Crippen molar-refractivity contribution in [1.29, 1.82) is 0 Å². The van der Waals surface area contributed by atoms with Crippen molar-refractivity contribution in [2.24, 2.45) is 11.3 Å². The molecule has 0 spiro atoms. The van der Waals surface area contributed by atoms with Crippen molar-refractivity contribution in [1.82, 2.24) is 0 Å². The fourth-order valence-electron chi connectivity index (χ4n) is 2.45. The number of ketones is 1. The van der Waals surface area contributed by atoms with E-state index in [0.717, 1.165) is 16.9 Å². The van der Waals surface area contributed by atoms with Gasteiger partial charge in [-0.3, -0.25) is 4.79 Å². The highest BCUT2D eigenvalue weighted by molar-refractivity contribution is 6.02. The molecule has 1 aromatic rings. The Labute approximate surface area is 95.7 Å². The summed E-state index contributed by atoms with van der Waals surface area (Å²) in [6.45, 7) is 11.5. The maximum atomic E-state index is 12.3. The van der Waals surface area contributed by atoms with Crippen LogP contribution in [0.4, 0.5) is 0 Å². The number of furan rings is 1. The number of allylic oxidation sites excluding steroid dienone is 2. The summed E-state index contributed by atoms with van der Waals surface area (Å²) < 4.78 is 5.44. The number of carbonyl (C=O) groups excluding carboxylic acids is 1. The lowest BCUT2D eigenvalue weighted by atomic mass is 9.66. The van der Waals surface area contributed by atoms with E-state index in [1.807, 2.05) is 19.9 Å². The second-order valence-electron chi connectivity index (χ2n) is 4.68. The van der Waals surface area contributed by atoms with Crippen LogP contribution < -0.4 is 0 Å². The van der Waals surface area contributed by atoms with Gasteiger partial charge in [0.1, 0.15) is 5.76 Å². The van der Waals surface area contributed by atoms with Gasteiger partial charge in [-0.15, -0.1) is 13.2 Å². The van der Waals surface area contributed by atoms with Crippen molar-refractivity contribution in [3.05, 3.63) is 48.5 Å². The van der Waals surface area contributed by atoms with Crippen LogP contribution in [0.2, 0.25) is 0 Å². The molecule has 2 unspecified atom stereocenters. The Balaban J connectivity index is 2.60. The predicted molar refractivity (Wildman–Crippen MR) is 63.5 cm³/mol. The Morgan fingerprint density at radius 3 is 2.81 bits per heavy atom. The number of hydrogen-bond acceptors (Lipinski definition) is 2. The summed E-state index contributed by atoms with van der Waals surface area (Å²) in [5, 5.41) is 0. The summed E-state index contributed by atoms with van der Waals surface area (Å²) >= 11 is 0. The average molecular weight is 216 g/mol. The van der Waals surface area contributed by atoms with Gasteiger partial charge in [-0.2, -0.15) is 0 Å². The molecule has 0 saturated heterocycles. The van der Waals surface area contributed by atoms with Crippen LogP contribution in [-0.4, -0.2) is 5.78 Å². The van der Waals surface area contributed by atoms with Crippen molar-refractivity contribution in [2.75, 3.05) is 0 Å². The van der Waals surface area contributed by atoms with E-state index in [4.69, 9.17) is 4.42 Å². The Morgan fingerprint density at radius 1 is 1.56 bits per heavy atom. The van der Waals surface area contributed by atoms with Crippen LogP contribution in [0.1, 0.15) is 28.6 Å². The third-order valence-electron chi connectivity index (χ3n) is 3.53. The lowest BCUT2D eigenvalue weighted by Crippen LogP contribution is -2.37. The van der Waals surface area contributed by atoms with Gasteiger partial charge in [-0.25, -0.2) is 0 Å². The Hall–Kier alpha value is -1.57. The molecular weight excluding hydrogens is 200 g/mol. The van der Waals surface area contributed by atoms with Crippen LogP contribution in [0, 0.1) is 18.3 Å². The molecule has 1 aliphatic carbocycles. The van der Waals surface area contributed by atoms with Crippen molar-refractivity contribution in [3.8, 4) is 0 Å². The van der Waals surface area contributed by atoms with E-state index >= 15 is 0 Å². The summed E-state index contributed by atoms with van der Waals surface area (Å²) in [5.41, 5.74) is 1.37. The van der Waals surface area contributed by atoms with Crippen LogP contribution in [0.3, 0.4) is 0 Å². The zero-order chi connectivity index (χ0) is 11.9. The van der Waals surface area contributed by atoms with Gasteiger partial charge in [0, 0.05) is 17.8 Å². The number of fused-ring (bicyclic) bond motifs is 1. The number of hydrogen-bond donors (Lipinski definition) is 0. The standard InChI is InChI=1S/C14H16O2/c1-5-10-13(15)12-9(3)8-16-11(12)7-14(10,4)6-2/h5-6,8,10H,1-2,7H2,3-4H3. The van der Waals surface area contributed by atoms with Crippen LogP contribution in [0.25, 0.3) is 0 Å². The van der Waals surface area contributed by atoms with E-state index in [1.54, 1.807) is 12.3 Å². The fraction of sp³-hybridized carbons (Fsp3) is 0.357. The maximum Gasteiger partial charge on any atom is 0.174 e. The summed E-state index contributed by atoms with van der Waals surface area (Å²) in [6.07, 6.45) is 5.91. The van der Waals surface area contributed by atoms with Gasteiger partial charge in [0.15, 0.2) is 5.78 Å². The number of rotatable bonds is 2. The average Bonchev–Trinajstić information content (AvgIpc) is 2.60. The molecule has 0 aromatic carbocycles. The first-order chi connectivity index (χ1) is 7.53. The number of aryl methyl sites for hydroxylation is 1.